The first kappa shape index (κ1) is 9.59. The molecule has 0 N–H and O–H groups in total. The third-order valence-corrected chi connectivity index (χ3v) is 3.47. The van der Waals surface area contributed by atoms with Gasteiger partial charge < -0.3 is 0 Å². The standard InChI is InChI=1S/C15H16N/c1-3-16-9-5-8-13-10-12-7-4-6-11(2)14(12)15(13)16/h4-9H,3,10H2,1-2H3/q+1. The molecule has 1 aromatic carbocycles. The summed E-state index contributed by atoms with van der Waals surface area (Å²) < 4.78 is 2.36. The minimum Gasteiger partial charge on any atom is -0.198 e. The summed E-state index contributed by atoms with van der Waals surface area (Å²) in [7, 11) is 0. The van der Waals surface area contributed by atoms with Gasteiger partial charge in [-0.1, -0.05) is 18.2 Å². The molecule has 1 aliphatic rings. The van der Waals surface area contributed by atoms with Gasteiger partial charge in [0.15, 0.2) is 6.20 Å². The van der Waals surface area contributed by atoms with E-state index in [4.69, 9.17) is 0 Å². The second-order valence-electron chi connectivity index (χ2n) is 4.45. The number of benzene rings is 1. The Morgan fingerprint density at radius 1 is 1.12 bits per heavy atom. The van der Waals surface area contributed by atoms with Gasteiger partial charge in [-0.15, -0.1) is 0 Å². The Hall–Kier alpha value is -1.63. The molecule has 1 nitrogen and oxygen atoms in total. The number of fused-ring (bicyclic) bond motifs is 3. The van der Waals surface area contributed by atoms with E-state index in [-0.39, 0.29) is 0 Å². The third-order valence-electron chi connectivity index (χ3n) is 3.47. The van der Waals surface area contributed by atoms with Crippen LogP contribution in [0.4, 0.5) is 0 Å². The second-order valence-corrected chi connectivity index (χ2v) is 4.45. The number of nitrogens with zero attached hydrogens (tertiary/aromatic N) is 1. The molecule has 0 amide bonds. The summed E-state index contributed by atoms with van der Waals surface area (Å²) >= 11 is 0. The number of aryl methyl sites for hydroxylation is 2. The number of hydrogen-bond donors (Lipinski definition) is 0. The lowest BCUT2D eigenvalue weighted by Gasteiger charge is -2.04. The van der Waals surface area contributed by atoms with Crippen molar-refractivity contribution in [1.82, 2.24) is 0 Å². The SMILES string of the molecule is CC[n+]1cccc2c1-c1c(C)cccc1C2. The third kappa shape index (κ3) is 1.21. The van der Waals surface area contributed by atoms with E-state index < -0.39 is 0 Å². The molecule has 1 aliphatic carbocycles. The molecular weight excluding hydrogens is 194 g/mol. The van der Waals surface area contributed by atoms with Gasteiger partial charge in [-0.25, -0.2) is 0 Å². The van der Waals surface area contributed by atoms with Crippen molar-refractivity contribution in [3.8, 4) is 11.3 Å². The predicted octanol–water partition coefficient (Wildman–Crippen LogP) is 2.87. The van der Waals surface area contributed by atoms with Crippen LogP contribution in [-0.2, 0) is 13.0 Å². The van der Waals surface area contributed by atoms with Crippen molar-refractivity contribution in [2.24, 2.45) is 0 Å². The van der Waals surface area contributed by atoms with Gasteiger partial charge in [-0.2, -0.15) is 4.57 Å². The predicted molar refractivity (Wildman–Crippen MR) is 65.3 cm³/mol. The summed E-state index contributed by atoms with van der Waals surface area (Å²) in [6.45, 7) is 5.45. The van der Waals surface area contributed by atoms with Crippen LogP contribution in [0.2, 0.25) is 0 Å². The van der Waals surface area contributed by atoms with E-state index in [2.05, 4.69) is 54.9 Å². The molecule has 0 unspecified atom stereocenters. The average molecular weight is 210 g/mol. The highest BCUT2D eigenvalue weighted by molar-refractivity contribution is 5.74. The van der Waals surface area contributed by atoms with Crippen LogP contribution in [0.1, 0.15) is 23.6 Å². The molecule has 2 aromatic rings. The lowest BCUT2D eigenvalue weighted by atomic mass is 10.0. The van der Waals surface area contributed by atoms with Gasteiger partial charge in [0.25, 0.3) is 0 Å². The minimum atomic E-state index is 1.04. The Morgan fingerprint density at radius 3 is 2.75 bits per heavy atom. The van der Waals surface area contributed by atoms with E-state index >= 15 is 0 Å². The Morgan fingerprint density at radius 2 is 1.94 bits per heavy atom. The van der Waals surface area contributed by atoms with E-state index in [1.807, 2.05) is 0 Å². The minimum absolute atomic E-state index is 1.04. The van der Waals surface area contributed by atoms with Gasteiger partial charge in [0.1, 0.15) is 6.54 Å². The molecule has 0 saturated carbocycles. The Balaban J connectivity index is 2.34. The van der Waals surface area contributed by atoms with Crippen molar-refractivity contribution in [3.63, 3.8) is 0 Å². The van der Waals surface area contributed by atoms with E-state index in [1.54, 1.807) is 0 Å². The maximum atomic E-state index is 2.36. The van der Waals surface area contributed by atoms with Crippen molar-refractivity contribution in [2.45, 2.75) is 26.8 Å². The van der Waals surface area contributed by atoms with Crippen molar-refractivity contribution in [2.75, 3.05) is 0 Å². The zero-order valence-electron chi connectivity index (χ0n) is 9.83. The molecule has 0 atom stereocenters. The van der Waals surface area contributed by atoms with Gasteiger partial charge in [0, 0.05) is 18.1 Å². The van der Waals surface area contributed by atoms with Gasteiger partial charge in [0.05, 0.1) is 5.56 Å². The van der Waals surface area contributed by atoms with Gasteiger partial charge in [0.2, 0.25) is 5.69 Å². The number of rotatable bonds is 1. The average Bonchev–Trinajstić information content (AvgIpc) is 2.68. The smallest absolute Gasteiger partial charge is 0.198 e. The highest BCUT2D eigenvalue weighted by Gasteiger charge is 2.27. The van der Waals surface area contributed by atoms with Crippen molar-refractivity contribution in [1.29, 1.82) is 0 Å². The molecule has 1 heterocycles. The van der Waals surface area contributed by atoms with Gasteiger partial charge in [-0.05, 0) is 31.0 Å². The highest BCUT2D eigenvalue weighted by Crippen LogP contribution is 2.35. The monoisotopic (exact) mass is 210 g/mol. The maximum Gasteiger partial charge on any atom is 0.216 e. The summed E-state index contributed by atoms with van der Waals surface area (Å²) in [4.78, 5) is 0. The first-order valence-corrected chi connectivity index (χ1v) is 5.91. The van der Waals surface area contributed by atoms with Crippen LogP contribution in [0.15, 0.2) is 36.5 Å². The fraction of sp³-hybridized carbons (Fsp3) is 0.267. The van der Waals surface area contributed by atoms with E-state index in [1.165, 1.54) is 27.9 Å². The van der Waals surface area contributed by atoms with Crippen molar-refractivity contribution in [3.05, 3.63) is 53.2 Å². The fourth-order valence-electron chi connectivity index (χ4n) is 2.73. The normalized spacial score (nSPS) is 12.4. The van der Waals surface area contributed by atoms with Crippen LogP contribution in [0.25, 0.3) is 11.3 Å². The highest BCUT2D eigenvalue weighted by atomic mass is 15.0. The van der Waals surface area contributed by atoms with E-state index in [0.717, 1.165) is 13.0 Å². The van der Waals surface area contributed by atoms with E-state index in [0.29, 0.717) is 0 Å². The van der Waals surface area contributed by atoms with Crippen LogP contribution < -0.4 is 4.57 Å². The molecule has 1 heteroatoms. The topological polar surface area (TPSA) is 3.88 Å². The summed E-state index contributed by atoms with van der Waals surface area (Å²) in [5.41, 5.74) is 7.22. The first-order chi connectivity index (χ1) is 7.81. The van der Waals surface area contributed by atoms with Crippen molar-refractivity contribution < 1.29 is 4.57 Å². The molecule has 80 valence electrons. The van der Waals surface area contributed by atoms with Gasteiger partial charge in [-0.3, -0.25) is 0 Å². The lowest BCUT2D eigenvalue weighted by molar-refractivity contribution is -0.682. The fourth-order valence-corrected chi connectivity index (χ4v) is 2.73. The van der Waals surface area contributed by atoms with Crippen LogP contribution in [0.3, 0.4) is 0 Å². The molecule has 3 rings (SSSR count). The van der Waals surface area contributed by atoms with Crippen LogP contribution >= 0.6 is 0 Å². The molecule has 0 aliphatic heterocycles. The number of hydrogen-bond acceptors (Lipinski definition) is 0. The van der Waals surface area contributed by atoms with Crippen LogP contribution in [0, 0.1) is 6.92 Å². The van der Waals surface area contributed by atoms with Gasteiger partial charge >= 0.3 is 0 Å². The largest absolute Gasteiger partial charge is 0.216 e. The van der Waals surface area contributed by atoms with E-state index in [9.17, 15) is 0 Å². The zero-order valence-corrected chi connectivity index (χ0v) is 9.83. The summed E-state index contributed by atoms with van der Waals surface area (Å²) in [5, 5.41) is 0. The Labute approximate surface area is 96.4 Å². The summed E-state index contributed by atoms with van der Waals surface area (Å²) in [6.07, 6.45) is 3.27. The molecular formula is C15H16N+. The van der Waals surface area contributed by atoms with Crippen LogP contribution in [0.5, 0.6) is 0 Å². The molecule has 1 aromatic heterocycles. The molecule has 0 bridgehead atoms. The maximum absolute atomic E-state index is 2.36. The Bertz CT molecular complexity index is 555. The number of pyridine rings is 1. The van der Waals surface area contributed by atoms with Crippen LogP contribution in [-0.4, -0.2) is 0 Å². The molecule has 0 fully saturated rings. The number of aromatic nitrogens is 1. The molecule has 0 spiro atoms. The second kappa shape index (κ2) is 3.44. The molecule has 0 saturated heterocycles. The molecule has 0 radical (unpaired) electrons. The first-order valence-electron chi connectivity index (χ1n) is 5.91. The zero-order chi connectivity index (χ0) is 11.1. The quantitative estimate of drug-likeness (QED) is 0.544. The Kier molecular flexibility index (Phi) is 2.06. The lowest BCUT2D eigenvalue weighted by Crippen LogP contribution is -2.34. The summed E-state index contributed by atoms with van der Waals surface area (Å²) in [5.74, 6) is 0. The molecule has 16 heavy (non-hydrogen) atoms. The summed E-state index contributed by atoms with van der Waals surface area (Å²) in [6, 6.07) is 11.0. The van der Waals surface area contributed by atoms with Crippen molar-refractivity contribution >= 4 is 0 Å².